The summed E-state index contributed by atoms with van der Waals surface area (Å²) in [4.78, 5) is 22.2. The van der Waals surface area contributed by atoms with Crippen molar-refractivity contribution in [3.8, 4) is 0 Å². The van der Waals surface area contributed by atoms with Gasteiger partial charge in [-0.3, -0.25) is 4.79 Å². The molecular weight excluding hydrogens is 236 g/mol. The minimum absolute atomic E-state index is 0.114. The smallest absolute Gasteiger partial charge is 0.336 e. The zero-order chi connectivity index (χ0) is 13.4. The van der Waals surface area contributed by atoms with Crippen molar-refractivity contribution in [3.63, 3.8) is 0 Å². The van der Waals surface area contributed by atoms with E-state index in [9.17, 15) is 9.59 Å². The molecule has 0 radical (unpaired) electrons. The Labute approximate surface area is 105 Å². The van der Waals surface area contributed by atoms with E-state index < -0.39 is 18.0 Å². The summed E-state index contributed by atoms with van der Waals surface area (Å²) in [7, 11) is 0. The highest BCUT2D eigenvalue weighted by Crippen LogP contribution is 2.06. The minimum atomic E-state index is -1.09. The van der Waals surface area contributed by atoms with Crippen LogP contribution in [-0.2, 0) is 25.7 Å². The predicted octanol–water partition coefficient (Wildman–Crippen LogP) is 1.61. The van der Waals surface area contributed by atoms with Gasteiger partial charge in [-0.2, -0.15) is 0 Å². The fourth-order valence-corrected chi connectivity index (χ4v) is 1.39. The van der Waals surface area contributed by atoms with Crippen LogP contribution in [0.2, 0.25) is 0 Å². The van der Waals surface area contributed by atoms with Crippen molar-refractivity contribution in [2.45, 2.75) is 26.1 Å². The maximum absolute atomic E-state index is 11.6. The highest BCUT2D eigenvalue weighted by atomic mass is 16.6. The van der Waals surface area contributed by atoms with Gasteiger partial charge in [-0.1, -0.05) is 30.3 Å². The molecule has 0 aliphatic carbocycles. The van der Waals surface area contributed by atoms with Crippen molar-refractivity contribution in [2.24, 2.45) is 0 Å². The van der Waals surface area contributed by atoms with Crippen LogP contribution in [0.4, 0.5) is 0 Å². The molecule has 98 valence electrons. The Morgan fingerprint density at radius 2 is 1.94 bits per heavy atom. The van der Waals surface area contributed by atoms with E-state index in [1.54, 1.807) is 6.92 Å². The largest absolute Gasteiger partial charge is 0.481 e. The van der Waals surface area contributed by atoms with E-state index in [1.165, 1.54) is 0 Å². The van der Waals surface area contributed by atoms with Crippen LogP contribution in [0.1, 0.15) is 18.9 Å². The average Bonchev–Trinajstić information content (AvgIpc) is 2.36. The highest BCUT2D eigenvalue weighted by Gasteiger charge is 2.23. The Kier molecular flexibility index (Phi) is 5.87. The molecule has 1 aromatic carbocycles. The molecule has 0 amide bonds. The van der Waals surface area contributed by atoms with E-state index in [0.29, 0.717) is 0 Å². The van der Waals surface area contributed by atoms with Crippen molar-refractivity contribution >= 4 is 11.9 Å². The van der Waals surface area contributed by atoms with Gasteiger partial charge >= 0.3 is 11.9 Å². The molecule has 0 unspecified atom stereocenters. The zero-order valence-electron chi connectivity index (χ0n) is 10.2. The van der Waals surface area contributed by atoms with Gasteiger partial charge in [0.15, 0.2) is 6.10 Å². The number of carbonyl (C=O) groups is 2. The van der Waals surface area contributed by atoms with Gasteiger partial charge in [0, 0.05) is 6.61 Å². The third-order valence-corrected chi connectivity index (χ3v) is 2.21. The van der Waals surface area contributed by atoms with Gasteiger partial charge in [-0.15, -0.1) is 0 Å². The van der Waals surface area contributed by atoms with E-state index >= 15 is 0 Å². The number of hydrogen-bond donors (Lipinski definition) is 1. The van der Waals surface area contributed by atoms with Crippen molar-refractivity contribution in [1.82, 2.24) is 0 Å². The third-order valence-electron chi connectivity index (χ3n) is 2.21. The first-order valence-corrected chi connectivity index (χ1v) is 5.67. The first-order valence-electron chi connectivity index (χ1n) is 5.67. The standard InChI is InChI=1S/C13H16O5/c1-2-17-11(8-12(14)15)13(16)18-9-10-6-4-3-5-7-10/h3-7,11H,2,8-9H2,1H3,(H,14,15)/t11-/m1/s1. The maximum atomic E-state index is 11.6. The highest BCUT2D eigenvalue weighted by molar-refractivity contribution is 5.81. The van der Waals surface area contributed by atoms with Crippen molar-refractivity contribution in [1.29, 1.82) is 0 Å². The number of carboxylic acid groups (broad SMARTS) is 1. The Hall–Kier alpha value is -1.88. The summed E-state index contributed by atoms with van der Waals surface area (Å²) in [6.07, 6.45) is -1.43. The molecule has 0 fully saturated rings. The van der Waals surface area contributed by atoms with Crippen molar-refractivity contribution < 1.29 is 24.2 Å². The number of aliphatic carboxylic acids is 1. The monoisotopic (exact) mass is 252 g/mol. The Bertz CT molecular complexity index is 388. The predicted molar refractivity (Wildman–Crippen MR) is 63.9 cm³/mol. The van der Waals surface area contributed by atoms with Crippen molar-refractivity contribution in [2.75, 3.05) is 6.61 Å². The van der Waals surface area contributed by atoms with Gasteiger partial charge < -0.3 is 14.6 Å². The van der Waals surface area contributed by atoms with Gasteiger partial charge in [-0.05, 0) is 12.5 Å². The molecule has 1 atom stereocenters. The number of ether oxygens (including phenoxy) is 2. The quantitative estimate of drug-likeness (QED) is 0.746. The van der Waals surface area contributed by atoms with E-state index in [1.807, 2.05) is 30.3 Å². The molecule has 0 bridgehead atoms. The van der Waals surface area contributed by atoms with Crippen LogP contribution < -0.4 is 0 Å². The van der Waals surface area contributed by atoms with Gasteiger partial charge in [0.25, 0.3) is 0 Å². The first-order chi connectivity index (χ1) is 8.63. The second-order valence-corrected chi connectivity index (χ2v) is 3.64. The number of hydrogen-bond acceptors (Lipinski definition) is 4. The molecule has 5 heteroatoms. The number of esters is 1. The van der Waals surface area contributed by atoms with E-state index in [0.717, 1.165) is 5.56 Å². The van der Waals surface area contributed by atoms with E-state index in [4.69, 9.17) is 14.6 Å². The topological polar surface area (TPSA) is 72.8 Å². The molecule has 1 N–H and O–H groups in total. The van der Waals surface area contributed by atoms with Crippen molar-refractivity contribution in [3.05, 3.63) is 35.9 Å². The molecule has 1 rings (SSSR count). The van der Waals surface area contributed by atoms with Crippen LogP contribution in [0.3, 0.4) is 0 Å². The molecule has 5 nitrogen and oxygen atoms in total. The Morgan fingerprint density at radius 3 is 2.50 bits per heavy atom. The SMILES string of the molecule is CCO[C@H](CC(=O)O)C(=O)OCc1ccccc1. The summed E-state index contributed by atoms with van der Waals surface area (Å²) in [5.41, 5.74) is 0.844. The molecule has 0 aromatic heterocycles. The lowest BCUT2D eigenvalue weighted by Crippen LogP contribution is -2.29. The summed E-state index contributed by atoms with van der Waals surface area (Å²) >= 11 is 0. The minimum Gasteiger partial charge on any atom is -0.481 e. The molecule has 0 spiro atoms. The van der Waals surface area contributed by atoms with Gasteiger partial charge in [0.05, 0.1) is 6.42 Å². The third kappa shape index (κ3) is 4.97. The molecular formula is C13H16O5. The number of carbonyl (C=O) groups excluding carboxylic acids is 1. The van der Waals surface area contributed by atoms with Crippen LogP contribution in [-0.4, -0.2) is 29.8 Å². The average molecular weight is 252 g/mol. The lowest BCUT2D eigenvalue weighted by atomic mass is 10.2. The summed E-state index contributed by atoms with van der Waals surface area (Å²) in [5, 5.41) is 8.66. The lowest BCUT2D eigenvalue weighted by Gasteiger charge is -2.14. The van der Waals surface area contributed by atoms with Crippen LogP contribution in [0.5, 0.6) is 0 Å². The van der Waals surface area contributed by atoms with Crippen LogP contribution in [0, 0.1) is 0 Å². The summed E-state index contributed by atoms with van der Waals surface area (Å²) < 4.78 is 10.1. The second-order valence-electron chi connectivity index (χ2n) is 3.64. The van der Waals surface area contributed by atoms with Gasteiger partial charge in [0.2, 0.25) is 0 Å². The Morgan fingerprint density at radius 1 is 1.28 bits per heavy atom. The van der Waals surface area contributed by atoms with Crippen LogP contribution in [0.15, 0.2) is 30.3 Å². The fraction of sp³-hybridized carbons (Fsp3) is 0.385. The number of carboxylic acids is 1. The molecule has 0 aliphatic heterocycles. The van der Waals surface area contributed by atoms with E-state index in [2.05, 4.69) is 0 Å². The first kappa shape index (κ1) is 14.2. The van der Waals surface area contributed by atoms with Crippen LogP contribution in [0.25, 0.3) is 0 Å². The van der Waals surface area contributed by atoms with Crippen LogP contribution >= 0.6 is 0 Å². The summed E-state index contributed by atoms with van der Waals surface area (Å²) in [5.74, 6) is -1.74. The lowest BCUT2D eigenvalue weighted by molar-refractivity contribution is -0.163. The maximum Gasteiger partial charge on any atom is 0.336 e. The molecule has 0 saturated carbocycles. The normalized spacial score (nSPS) is 11.8. The fourth-order valence-electron chi connectivity index (χ4n) is 1.39. The van der Waals surface area contributed by atoms with E-state index in [-0.39, 0.29) is 19.6 Å². The second kappa shape index (κ2) is 7.45. The molecule has 0 aliphatic rings. The summed E-state index contributed by atoms with van der Waals surface area (Å²) in [6.45, 7) is 2.07. The molecule has 18 heavy (non-hydrogen) atoms. The number of benzene rings is 1. The molecule has 0 saturated heterocycles. The molecule has 0 heterocycles. The van der Waals surface area contributed by atoms with Gasteiger partial charge in [-0.25, -0.2) is 4.79 Å². The summed E-state index contributed by atoms with van der Waals surface area (Å²) in [6, 6.07) is 9.17. The zero-order valence-corrected chi connectivity index (χ0v) is 10.2. The molecule has 1 aromatic rings. The number of rotatable bonds is 7. The Balaban J connectivity index is 2.48. The van der Waals surface area contributed by atoms with Gasteiger partial charge in [0.1, 0.15) is 6.61 Å².